The molecule has 1 amide bonds. The van der Waals surface area contributed by atoms with Gasteiger partial charge in [0.2, 0.25) is 5.91 Å². The molecular weight excluding hydrogens is 260 g/mol. The molecule has 1 aliphatic heterocycles. The lowest BCUT2D eigenvalue weighted by Gasteiger charge is -2.41. The zero-order valence-corrected chi connectivity index (χ0v) is 13.2. The van der Waals surface area contributed by atoms with Crippen LogP contribution in [0, 0.1) is 5.41 Å². The quantitative estimate of drug-likeness (QED) is 0.900. The second-order valence-electron chi connectivity index (χ2n) is 6.77. The smallest absolute Gasteiger partial charge is 0.232 e. The Balaban J connectivity index is 1.91. The van der Waals surface area contributed by atoms with Gasteiger partial charge in [0, 0.05) is 23.7 Å². The van der Waals surface area contributed by atoms with Crippen molar-refractivity contribution in [1.29, 1.82) is 0 Å². The molecule has 1 atom stereocenters. The van der Waals surface area contributed by atoms with Gasteiger partial charge in [-0.2, -0.15) is 0 Å². The van der Waals surface area contributed by atoms with Crippen molar-refractivity contribution in [2.24, 2.45) is 5.41 Å². The molecule has 1 heterocycles. The van der Waals surface area contributed by atoms with Gasteiger partial charge in [-0.3, -0.25) is 4.79 Å². The summed E-state index contributed by atoms with van der Waals surface area (Å²) in [6.45, 7) is 3.00. The first kappa shape index (κ1) is 14.6. The second-order valence-corrected chi connectivity index (χ2v) is 6.77. The number of carbonyl (C=O) groups is 1. The van der Waals surface area contributed by atoms with Gasteiger partial charge in [-0.1, -0.05) is 44.4 Å². The molecule has 1 saturated carbocycles. The second kappa shape index (κ2) is 5.80. The molecule has 2 aliphatic rings. The topological polar surface area (TPSA) is 32.3 Å². The third-order valence-electron chi connectivity index (χ3n) is 5.31. The van der Waals surface area contributed by atoms with Gasteiger partial charge in [0.15, 0.2) is 0 Å². The summed E-state index contributed by atoms with van der Waals surface area (Å²) in [6, 6.07) is 8.73. The van der Waals surface area contributed by atoms with Crippen LogP contribution in [0.15, 0.2) is 24.3 Å². The van der Waals surface area contributed by atoms with Crippen molar-refractivity contribution in [2.75, 3.05) is 18.5 Å². The van der Waals surface area contributed by atoms with Crippen molar-refractivity contribution in [1.82, 2.24) is 5.32 Å². The highest BCUT2D eigenvalue weighted by molar-refractivity contribution is 5.98. The number of hydrogen-bond donors (Lipinski definition) is 1. The maximum atomic E-state index is 13.1. The van der Waals surface area contributed by atoms with Gasteiger partial charge in [-0.05, 0) is 37.9 Å². The van der Waals surface area contributed by atoms with E-state index in [1.54, 1.807) is 0 Å². The standard InChI is InChI=1S/C18H26N2O/c1-18(11-6-3-7-12-18)17(21)20-13-10-15(19-2)14-8-4-5-9-16(14)20/h4-5,8-9,15,19H,3,6-7,10-13H2,1-2H3. The van der Waals surface area contributed by atoms with E-state index >= 15 is 0 Å². The van der Waals surface area contributed by atoms with Gasteiger partial charge in [0.05, 0.1) is 0 Å². The van der Waals surface area contributed by atoms with E-state index in [1.807, 2.05) is 13.1 Å². The molecular formula is C18H26N2O. The number of anilines is 1. The van der Waals surface area contributed by atoms with Gasteiger partial charge in [-0.25, -0.2) is 0 Å². The third-order valence-corrected chi connectivity index (χ3v) is 5.31. The molecule has 0 saturated heterocycles. The predicted octanol–water partition coefficient (Wildman–Crippen LogP) is 3.65. The van der Waals surface area contributed by atoms with Gasteiger partial charge < -0.3 is 10.2 Å². The summed E-state index contributed by atoms with van der Waals surface area (Å²) >= 11 is 0. The highest BCUT2D eigenvalue weighted by Gasteiger charge is 2.40. The van der Waals surface area contributed by atoms with Crippen molar-refractivity contribution < 1.29 is 4.79 Å². The zero-order chi connectivity index (χ0) is 14.9. The van der Waals surface area contributed by atoms with Crippen LogP contribution in [0.25, 0.3) is 0 Å². The van der Waals surface area contributed by atoms with Crippen LogP contribution in [0.3, 0.4) is 0 Å². The summed E-state index contributed by atoms with van der Waals surface area (Å²) < 4.78 is 0. The number of carbonyl (C=O) groups excluding carboxylic acids is 1. The number of nitrogens with one attached hydrogen (secondary N) is 1. The summed E-state index contributed by atoms with van der Waals surface area (Å²) in [7, 11) is 2.00. The molecule has 3 rings (SSSR count). The van der Waals surface area contributed by atoms with E-state index in [4.69, 9.17) is 0 Å². The number of hydrogen-bond acceptors (Lipinski definition) is 2. The van der Waals surface area contributed by atoms with Gasteiger partial charge in [0.25, 0.3) is 0 Å². The molecule has 1 aromatic rings. The van der Waals surface area contributed by atoms with E-state index in [2.05, 4.69) is 35.3 Å². The Kier molecular flexibility index (Phi) is 4.03. The van der Waals surface area contributed by atoms with Crippen molar-refractivity contribution in [3.05, 3.63) is 29.8 Å². The summed E-state index contributed by atoms with van der Waals surface area (Å²) in [6.07, 6.45) is 6.74. The molecule has 1 aliphatic carbocycles. The molecule has 0 spiro atoms. The lowest BCUT2D eigenvalue weighted by molar-refractivity contribution is -0.129. The monoisotopic (exact) mass is 286 g/mol. The first-order chi connectivity index (χ1) is 10.2. The Labute approximate surface area is 127 Å². The summed E-state index contributed by atoms with van der Waals surface area (Å²) in [5.41, 5.74) is 2.22. The summed E-state index contributed by atoms with van der Waals surface area (Å²) in [5.74, 6) is 0.337. The van der Waals surface area contributed by atoms with Crippen LogP contribution in [-0.2, 0) is 4.79 Å². The average Bonchev–Trinajstić information content (AvgIpc) is 2.54. The molecule has 3 nitrogen and oxygen atoms in total. The van der Waals surface area contributed by atoms with Gasteiger partial charge >= 0.3 is 0 Å². The first-order valence-corrected chi connectivity index (χ1v) is 8.24. The van der Waals surface area contributed by atoms with Crippen molar-refractivity contribution in [3.8, 4) is 0 Å². The maximum Gasteiger partial charge on any atom is 0.232 e. The van der Waals surface area contributed by atoms with Crippen LogP contribution in [-0.4, -0.2) is 19.5 Å². The molecule has 0 aromatic heterocycles. The molecule has 1 N–H and O–H groups in total. The van der Waals surface area contributed by atoms with Gasteiger partial charge in [0.1, 0.15) is 0 Å². The minimum absolute atomic E-state index is 0.155. The number of fused-ring (bicyclic) bond motifs is 1. The van der Waals surface area contributed by atoms with Crippen LogP contribution >= 0.6 is 0 Å². The number of rotatable bonds is 2. The molecule has 0 radical (unpaired) electrons. The largest absolute Gasteiger partial charge is 0.313 e. The molecule has 3 heteroatoms. The molecule has 21 heavy (non-hydrogen) atoms. The van der Waals surface area contributed by atoms with Crippen LogP contribution in [0.2, 0.25) is 0 Å². The minimum atomic E-state index is -0.155. The van der Waals surface area contributed by atoms with Crippen LogP contribution in [0.4, 0.5) is 5.69 Å². The fourth-order valence-electron chi connectivity index (χ4n) is 3.94. The summed E-state index contributed by atoms with van der Waals surface area (Å²) in [4.78, 5) is 15.2. The van der Waals surface area contributed by atoms with E-state index in [-0.39, 0.29) is 5.41 Å². The predicted molar refractivity (Wildman–Crippen MR) is 86.4 cm³/mol. The highest BCUT2D eigenvalue weighted by atomic mass is 16.2. The summed E-state index contributed by atoms with van der Waals surface area (Å²) in [5, 5.41) is 3.37. The molecule has 114 valence electrons. The SMILES string of the molecule is CNC1CCN(C(=O)C2(C)CCCCC2)c2ccccc21. The number of benzene rings is 1. The third kappa shape index (κ3) is 2.59. The molecule has 0 bridgehead atoms. The van der Waals surface area contributed by atoms with Crippen LogP contribution in [0.1, 0.15) is 57.1 Å². The maximum absolute atomic E-state index is 13.1. The van der Waals surface area contributed by atoms with E-state index in [1.165, 1.54) is 24.8 Å². The number of amides is 1. The van der Waals surface area contributed by atoms with E-state index in [9.17, 15) is 4.79 Å². The first-order valence-electron chi connectivity index (χ1n) is 8.24. The number of nitrogens with zero attached hydrogens (tertiary/aromatic N) is 1. The Hall–Kier alpha value is -1.35. The highest BCUT2D eigenvalue weighted by Crippen LogP contribution is 2.41. The molecule has 1 aromatic carbocycles. The Morgan fingerprint density at radius 2 is 1.95 bits per heavy atom. The van der Waals surface area contributed by atoms with E-state index in [0.29, 0.717) is 11.9 Å². The van der Waals surface area contributed by atoms with Crippen LogP contribution < -0.4 is 10.2 Å². The lowest BCUT2D eigenvalue weighted by Crippen LogP contribution is -2.47. The Morgan fingerprint density at radius 3 is 2.67 bits per heavy atom. The van der Waals surface area contributed by atoms with Crippen LogP contribution in [0.5, 0.6) is 0 Å². The minimum Gasteiger partial charge on any atom is -0.313 e. The normalized spacial score (nSPS) is 24.5. The lowest BCUT2D eigenvalue weighted by atomic mass is 9.74. The number of para-hydroxylation sites is 1. The molecule has 1 unspecified atom stereocenters. The average molecular weight is 286 g/mol. The van der Waals surface area contributed by atoms with E-state index < -0.39 is 0 Å². The Bertz CT molecular complexity index is 520. The van der Waals surface area contributed by atoms with E-state index in [0.717, 1.165) is 31.5 Å². The van der Waals surface area contributed by atoms with Crippen molar-refractivity contribution >= 4 is 11.6 Å². The Morgan fingerprint density at radius 1 is 1.24 bits per heavy atom. The molecule has 1 fully saturated rings. The van der Waals surface area contributed by atoms with Crippen molar-refractivity contribution in [3.63, 3.8) is 0 Å². The zero-order valence-electron chi connectivity index (χ0n) is 13.2. The fraction of sp³-hybridized carbons (Fsp3) is 0.611. The fourth-order valence-corrected chi connectivity index (χ4v) is 3.94. The van der Waals surface area contributed by atoms with Gasteiger partial charge in [-0.15, -0.1) is 0 Å². The van der Waals surface area contributed by atoms with Crippen molar-refractivity contribution in [2.45, 2.75) is 51.5 Å².